The summed E-state index contributed by atoms with van der Waals surface area (Å²) in [7, 11) is 0. The summed E-state index contributed by atoms with van der Waals surface area (Å²) in [6.45, 7) is 3.39. The van der Waals surface area contributed by atoms with Gasteiger partial charge in [-0.3, -0.25) is 9.59 Å². The zero-order valence-corrected chi connectivity index (χ0v) is 14.5. The number of hydrogen-bond acceptors (Lipinski definition) is 2. The van der Waals surface area contributed by atoms with Gasteiger partial charge in [0.2, 0.25) is 11.8 Å². The molecule has 1 heterocycles. The van der Waals surface area contributed by atoms with Gasteiger partial charge in [-0.2, -0.15) is 0 Å². The Bertz CT molecular complexity index is 564. The Labute approximate surface area is 144 Å². The fraction of sp³-hybridized carbons (Fsp3) is 0.600. The number of carbonyl (C=O) groups excluding carboxylic acids is 2. The number of rotatable bonds is 5. The molecule has 0 radical (unpaired) electrons. The Morgan fingerprint density at radius 3 is 2.54 bits per heavy atom. The lowest BCUT2D eigenvalue weighted by Gasteiger charge is -2.29. The molecule has 4 heteroatoms. The number of hydrogen-bond donors (Lipinski definition) is 1. The highest BCUT2D eigenvalue weighted by Gasteiger charge is 2.35. The number of benzene rings is 1. The van der Waals surface area contributed by atoms with Crippen LogP contribution >= 0.6 is 0 Å². The highest BCUT2D eigenvalue weighted by Crippen LogP contribution is 2.27. The van der Waals surface area contributed by atoms with Crippen molar-refractivity contribution in [2.24, 2.45) is 11.8 Å². The van der Waals surface area contributed by atoms with Crippen LogP contribution in [0.5, 0.6) is 0 Å². The molecule has 1 saturated heterocycles. The third kappa shape index (κ3) is 4.16. The summed E-state index contributed by atoms with van der Waals surface area (Å²) in [6.07, 6.45) is 6.18. The molecule has 0 bridgehead atoms. The second kappa shape index (κ2) is 7.82. The van der Waals surface area contributed by atoms with Gasteiger partial charge < -0.3 is 10.2 Å². The van der Waals surface area contributed by atoms with Crippen LogP contribution in [0.2, 0.25) is 0 Å². The van der Waals surface area contributed by atoms with Gasteiger partial charge in [0.15, 0.2) is 0 Å². The maximum Gasteiger partial charge on any atom is 0.225 e. The first-order valence-electron chi connectivity index (χ1n) is 9.27. The summed E-state index contributed by atoms with van der Waals surface area (Å²) < 4.78 is 0. The van der Waals surface area contributed by atoms with Crippen LogP contribution in [0.15, 0.2) is 30.3 Å². The molecule has 2 amide bonds. The van der Waals surface area contributed by atoms with E-state index in [0.717, 1.165) is 24.3 Å². The molecule has 1 aliphatic heterocycles. The lowest BCUT2D eigenvalue weighted by molar-refractivity contribution is -0.129. The minimum Gasteiger partial charge on any atom is -0.353 e. The fourth-order valence-corrected chi connectivity index (χ4v) is 3.94. The molecule has 4 nitrogen and oxygen atoms in total. The van der Waals surface area contributed by atoms with Crippen LogP contribution in [0.3, 0.4) is 0 Å². The summed E-state index contributed by atoms with van der Waals surface area (Å²) in [5.41, 5.74) is 1.12. The predicted molar refractivity (Wildman–Crippen MR) is 94.1 cm³/mol. The Kier molecular flexibility index (Phi) is 5.54. The molecule has 2 aliphatic rings. The molecular weight excluding hydrogens is 300 g/mol. The summed E-state index contributed by atoms with van der Waals surface area (Å²) in [6, 6.07) is 10.3. The minimum absolute atomic E-state index is 0.0684. The molecule has 1 saturated carbocycles. The average molecular weight is 328 g/mol. The van der Waals surface area contributed by atoms with Crippen molar-refractivity contribution in [3.63, 3.8) is 0 Å². The number of nitrogens with zero attached hydrogens (tertiary/aromatic N) is 1. The SMILES string of the molecule is CCC1CCC(NC(=O)C2CC(=O)N(Cc3ccccc3)C2)CC1. The number of likely N-dealkylation sites (tertiary alicyclic amines) is 1. The van der Waals surface area contributed by atoms with Crippen molar-refractivity contribution in [3.05, 3.63) is 35.9 Å². The number of amides is 2. The van der Waals surface area contributed by atoms with E-state index in [0.29, 0.717) is 25.6 Å². The van der Waals surface area contributed by atoms with Gasteiger partial charge in [-0.05, 0) is 37.2 Å². The van der Waals surface area contributed by atoms with E-state index in [4.69, 9.17) is 0 Å². The van der Waals surface area contributed by atoms with Crippen molar-refractivity contribution < 1.29 is 9.59 Å². The Hall–Kier alpha value is -1.84. The molecule has 1 aromatic rings. The summed E-state index contributed by atoms with van der Waals surface area (Å²) in [5.74, 6) is 0.797. The van der Waals surface area contributed by atoms with Crippen molar-refractivity contribution in [1.29, 1.82) is 0 Å². The van der Waals surface area contributed by atoms with Crippen molar-refractivity contribution in [1.82, 2.24) is 10.2 Å². The Morgan fingerprint density at radius 1 is 1.17 bits per heavy atom. The first-order valence-corrected chi connectivity index (χ1v) is 9.27. The third-order valence-corrected chi connectivity index (χ3v) is 5.57. The van der Waals surface area contributed by atoms with Gasteiger partial charge in [0.25, 0.3) is 0 Å². The summed E-state index contributed by atoms with van der Waals surface area (Å²) >= 11 is 0. The van der Waals surface area contributed by atoms with Gasteiger partial charge in [-0.1, -0.05) is 43.7 Å². The fourth-order valence-electron chi connectivity index (χ4n) is 3.94. The molecule has 3 rings (SSSR count). The van der Waals surface area contributed by atoms with Crippen molar-refractivity contribution >= 4 is 11.8 Å². The van der Waals surface area contributed by atoms with E-state index < -0.39 is 0 Å². The minimum atomic E-state index is -0.190. The predicted octanol–water partition coefficient (Wildman–Crippen LogP) is 3.12. The molecule has 0 aromatic heterocycles. The molecule has 1 aromatic carbocycles. The maximum absolute atomic E-state index is 12.5. The van der Waals surface area contributed by atoms with Crippen molar-refractivity contribution in [2.45, 2.75) is 58.0 Å². The highest BCUT2D eigenvalue weighted by atomic mass is 16.2. The van der Waals surface area contributed by atoms with Gasteiger partial charge in [-0.15, -0.1) is 0 Å². The zero-order valence-electron chi connectivity index (χ0n) is 14.5. The molecule has 1 atom stereocenters. The van der Waals surface area contributed by atoms with Crippen LogP contribution in [0.25, 0.3) is 0 Å². The van der Waals surface area contributed by atoms with E-state index in [1.165, 1.54) is 19.3 Å². The Balaban J connectivity index is 1.49. The first kappa shape index (κ1) is 17.0. The summed E-state index contributed by atoms with van der Waals surface area (Å²) in [4.78, 5) is 26.5. The second-order valence-corrected chi connectivity index (χ2v) is 7.30. The standard InChI is InChI=1S/C20H28N2O2/c1-2-15-8-10-18(11-9-15)21-20(24)17-12-19(23)22(14-17)13-16-6-4-3-5-7-16/h3-7,15,17-18H,2,8-14H2,1H3,(H,21,24). The second-order valence-electron chi connectivity index (χ2n) is 7.30. The van der Waals surface area contributed by atoms with E-state index in [1.807, 2.05) is 35.2 Å². The lowest BCUT2D eigenvalue weighted by Crippen LogP contribution is -2.41. The lowest BCUT2D eigenvalue weighted by atomic mass is 9.84. The summed E-state index contributed by atoms with van der Waals surface area (Å²) in [5, 5.41) is 3.19. The van der Waals surface area contributed by atoms with Crippen LogP contribution in [-0.4, -0.2) is 29.3 Å². The quantitative estimate of drug-likeness (QED) is 0.903. The first-order chi connectivity index (χ1) is 11.7. The van der Waals surface area contributed by atoms with E-state index in [9.17, 15) is 9.59 Å². The zero-order chi connectivity index (χ0) is 16.9. The third-order valence-electron chi connectivity index (χ3n) is 5.57. The largest absolute Gasteiger partial charge is 0.353 e. The van der Waals surface area contributed by atoms with Crippen LogP contribution < -0.4 is 5.32 Å². The molecular formula is C20H28N2O2. The van der Waals surface area contributed by atoms with Gasteiger partial charge >= 0.3 is 0 Å². The van der Waals surface area contributed by atoms with E-state index in [2.05, 4.69) is 12.2 Å². The molecule has 1 N–H and O–H groups in total. The van der Waals surface area contributed by atoms with Crippen LogP contribution in [0, 0.1) is 11.8 Å². The Morgan fingerprint density at radius 2 is 1.88 bits per heavy atom. The van der Waals surface area contributed by atoms with Crippen molar-refractivity contribution in [2.75, 3.05) is 6.54 Å². The molecule has 130 valence electrons. The maximum atomic E-state index is 12.5. The van der Waals surface area contributed by atoms with E-state index in [-0.39, 0.29) is 17.7 Å². The number of nitrogens with one attached hydrogen (secondary N) is 1. The van der Waals surface area contributed by atoms with Crippen molar-refractivity contribution in [3.8, 4) is 0 Å². The monoisotopic (exact) mass is 328 g/mol. The molecule has 0 spiro atoms. The van der Waals surface area contributed by atoms with Gasteiger partial charge in [0.1, 0.15) is 0 Å². The smallest absolute Gasteiger partial charge is 0.225 e. The molecule has 1 unspecified atom stereocenters. The highest BCUT2D eigenvalue weighted by molar-refractivity contribution is 5.89. The normalized spacial score (nSPS) is 27.3. The number of carbonyl (C=O) groups is 2. The van der Waals surface area contributed by atoms with Gasteiger partial charge in [0.05, 0.1) is 5.92 Å². The molecule has 1 aliphatic carbocycles. The topological polar surface area (TPSA) is 49.4 Å². The average Bonchev–Trinajstić information content (AvgIpc) is 2.97. The van der Waals surface area contributed by atoms with Gasteiger partial charge in [-0.25, -0.2) is 0 Å². The van der Waals surface area contributed by atoms with Crippen LogP contribution in [0.1, 0.15) is 51.0 Å². The molecule has 2 fully saturated rings. The van der Waals surface area contributed by atoms with Crippen LogP contribution in [0.4, 0.5) is 0 Å². The van der Waals surface area contributed by atoms with E-state index in [1.54, 1.807) is 0 Å². The van der Waals surface area contributed by atoms with E-state index >= 15 is 0 Å². The molecule has 24 heavy (non-hydrogen) atoms. The van der Waals surface area contributed by atoms with Crippen LogP contribution in [-0.2, 0) is 16.1 Å². The van der Waals surface area contributed by atoms with Gasteiger partial charge in [0, 0.05) is 25.6 Å².